The van der Waals surface area contributed by atoms with Gasteiger partial charge in [0.15, 0.2) is 0 Å². The molecule has 0 aliphatic carbocycles. The first-order chi connectivity index (χ1) is 7.17. The van der Waals surface area contributed by atoms with E-state index >= 15 is 0 Å². The van der Waals surface area contributed by atoms with Crippen molar-refractivity contribution in [1.29, 1.82) is 0 Å². The number of hydrogen-bond acceptors (Lipinski definition) is 3. The van der Waals surface area contributed by atoms with E-state index < -0.39 is 11.4 Å². The third-order valence-electron chi connectivity index (χ3n) is 4.20. The number of hydrogen-bond donors (Lipinski definition) is 1. The van der Waals surface area contributed by atoms with Gasteiger partial charge in [-0.3, -0.25) is 4.79 Å². The van der Waals surface area contributed by atoms with Crippen LogP contribution in [0, 0.1) is 10.8 Å². The number of carbonyl (C=O) groups is 1. The fourth-order valence-corrected chi connectivity index (χ4v) is 2.86. The van der Waals surface area contributed by atoms with Gasteiger partial charge in [-0.1, -0.05) is 6.92 Å². The number of ether oxygens (including phenoxy) is 2. The maximum absolute atomic E-state index is 11.6. The van der Waals surface area contributed by atoms with Gasteiger partial charge in [0.1, 0.15) is 0 Å². The summed E-state index contributed by atoms with van der Waals surface area (Å²) in [5.74, 6) is -0.670. The molecule has 2 aliphatic rings. The monoisotopic (exact) mass is 214 g/mol. The van der Waals surface area contributed by atoms with Gasteiger partial charge in [0.05, 0.1) is 18.6 Å². The van der Waals surface area contributed by atoms with Gasteiger partial charge in [-0.05, 0) is 19.3 Å². The first-order valence-corrected chi connectivity index (χ1v) is 5.56. The Bertz CT molecular complexity index is 246. The smallest absolute Gasteiger partial charge is 0.310 e. The summed E-state index contributed by atoms with van der Waals surface area (Å²) in [5.41, 5.74) is -0.763. The third kappa shape index (κ3) is 1.39. The van der Waals surface area contributed by atoms with Crippen LogP contribution in [0.25, 0.3) is 0 Å². The molecule has 0 spiro atoms. The van der Waals surface area contributed by atoms with Crippen LogP contribution in [0.2, 0.25) is 0 Å². The van der Waals surface area contributed by atoms with Crippen LogP contribution in [0.15, 0.2) is 0 Å². The van der Waals surface area contributed by atoms with Gasteiger partial charge in [0.25, 0.3) is 0 Å². The summed E-state index contributed by atoms with van der Waals surface area (Å²) in [7, 11) is 0. The second kappa shape index (κ2) is 3.76. The number of carboxylic acid groups (broad SMARTS) is 1. The standard InChI is InChI=1S/C11H18O4/c1-2-10(7-15-8-10)11(9(12)13)3-5-14-6-4-11/h2-8H2,1H3,(H,12,13). The Morgan fingerprint density at radius 1 is 1.27 bits per heavy atom. The zero-order chi connectivity index (χ0) is 10.9. The largest absolute Gasteiger partial charge is 0.481 e. The van der Waals surface area contributed by atoms with Crippen molar-refractivity contribution in [2.45, 2.75) is 26.2 Å². The average Bonchev–Trinajstić information content (AvgIpc) is 2.18. The van der Waals surface area contributed by atoms with Crippen molar-refractivity contribution in [1.82, 2.24) is 0 Å². The Balaban J connectivity index is 2.28. The molecule has 2 aliphatic heterocycles. The van der Waals surface area contributed by atoms with Gasteiger partial charge in [-0.15, -0.1) is 0 Å². The predicted molar refractivity (Wildman–Crippen MR) is 53.7 cm³/mol. The van der Waals surface area contributed by atoms with Crippen LogP contribution in [0.1, 0.15) is 26.2 Å². The minimum atomic E-state index is -0.670. The van der Waals surface area contributed by atoms with Crippen molar-refractivity contribution >= 4 is 5.97 Å². The van der Waals surface area contributed by atoms with E-state index in [9.17, 15) is 9.90 Å². The predicted octanol–water partition coefficient (Wildman–Crippen LogP) is 1.29. The summed E-state index contributed by atoms with van der Waals surface area (Å²) in [4.78, 5) is 11.6. The van der Waals surface area contributed by atoms with Crippen LogP contribution in [0.3, 0.4) is 0 Å². The molecule has 4 nitrogen and oxygen atoms in total. The van der Waals surface area contributed by atoms with Crippen molar-refractivity contribution in [3.05, 3.63) is 0 Å². The van der Waals surface area contributed by atoms with Gasteiger partial charge in [-0.2, -0.15) is 0 Å². The highest BCUT2D eigenvalue weighted by atomic mass is 16.5. The maximum Gasteiger partial charge on any atom is 0.310 e. The van der Waals surface area contributed by atoms with Crippen LogP contribution in [0.5, 0.6) is 0 Å². The molecule has 2 heterocycles. The van der Waals surface area contributed by atoms with E-state index in [-0.39, 0.29) is 5.41 Å². The van der Waals surface area contributed by atoms with Crippen LogP contribution in [0.4, 0.5) is 0 Å². The number of carboxylic acids is 1. The molecule has 2 fully saturated rings. The van der Waals surface area contributed by atoms with Crippen LogP contribution < -0.4 is 0 Å². The van der Waals surface area contributed by atoms with Gasteiger partial charge in [0, 0.05) is 18.6 Å². The maximum atomic E-state index is 11.6. The van der Waals surface area contributed by atoms with Crippen molar-refractivity contribution in [3.8, 4) is 0 Å². The normalized spacial score (nSPS) is 28.1. The van der Waals surface area contributed by atoms with E-state index in [4.69, 9.17) is 9.47 Å². The summed E-state index contributed by atoms with van der Waals surface area (Å²) in [5, 5.41) is 9.51. The third-order valence-corrected chi connectivity index (χ3v) is 4.20. The summed E-state index contributed by atoms with van der Waals surface area (Å²) >= 11 is 0. The van der Waals surface area contributed by atoms with Gasteiger partial charge < -0.3 is 14.6 Å². The Morgan fingerprint density at radius 3 is 2.20 bits per heavy atom. The molecule has 15 heavy (non-hydrogen) atoms. The van der Waals surface area contributed by atoms with Gasteiger partial charge >= 0.3 is 5.97 Å². The Morgan fingerprint density at radius 2 is 1.87 bits per heavy atom. The fourth-order valence-electron chi connectivity index (χ4n) is 2.86. The second-order valence-corrected chi connectivity index (χ2v) is 4.63. The Kier molecular flexibility index (Phi) is 2.73. The molecule has 0 radical (unpaired) electrons. The molecule has 0 aromatic heterocycles. The van der Waals surface area contributed by atoms with Crippen molar-refractivity contribution in [3.63, 3.8) is 0 Å². The lowest BCUT2D eigenvalue weighted by atomic mass is 9.57. The topological polar surface area (TPSA) is 55.8 Å². The summed E-state index contributed by atoms with van der Waals surface area (Å²) in [6, 6.07) is 0. The SMILES string of the molecule is CCC1(C2(C(=O)O)CCOCC2)COC1. The Hall–Kier alpha value is -0.610. The zero-order valence-electron chi connectivity index (χ0n) is 9.12. The number of rotatable bonds is 3. The highest BCUT2D eigenvalue weighted by Gasteiger charge is 2.59. The molecule has 0 aromatic carbocycles. The summed E-state index contributed by atoms with van der Waals surface area (Å²) < 4.78 is 10.5. The van der Waals surface area contributed by atoms with Gasteiger partial charge in [0.2, 0.25) is 0 Å². The molecular weight excluding hydrogens is 196 g/mol. The molecule has 0 unspecified atom stereocenters. The minimum absolute atomic E-state index is 0.150. The number of aliphatic carboxylic acids is 1. The van der Waals surface area contributed by atoms with Crippen molar-refractivity contribution < 1.29 is 19.4 Å². The van der Waals surface area contributed by atoms with Crippen LogP contribution in [-0.2, 0) is 14.3 Å². The highest BCUT2D eigenvalue weighted by molar-refractivity contribution is 5.76. The molecule has 0 amide bonds. The molecule has 2 saturated heterocycles. The van der Waals surface area contributed by atoms with Crippen molar-refractivity contribution in [2.75, 3.05) is 26.4 Å². The molecule has 4 heteroatoms. The average molecular weight is 214 g/mol. The molecule has 0 atom stereocenters. The fraction of sp³-hybridized carbons (Fsp3) is 0.909. The lowest BCUT2D eigenvalue weighted by Gasteiger charge is -2.54. The summed E-state index contributed by atoms with van der Waals surface area (Å²) in [6.07, 6.45) is 2.12. The molecule has 2 rings (SSSR count). The molecular formula is C11H18O4. The van der Waals surface area contributed by atoms with E-state index in [1.165, 1.54) is 0 Å². The lowest BCUT2D eigenvalue weighted by molar-refractivity contribution is -0.221. The lowest BCUT2D eigenvalue weighted by Crippen LogP contribution is -2.60. The quantitative estimate of drug-likeness (QED) is 0.769. The van der Waals surface area contributed by atoms with Crippen LogP contribution >= 0.6 is 0 Å². The zero-order valence-corrected chi connectivity index (χ0v) is 9.12. The van der Waals surface area contributed by atoms with E-state index in [0.29, 0.717) is 39.3 Å². The molecule has 0 bridgehead atoms. The molecule has 86 valence electrons. The molecule has 0 aromatic rings. The minimum Gasteiger partial charge on any atom is -0.481 e. The van der Waals surface area contributed by atoms with E-state index in [0.717, 1.165) is 6.42 Å². The summed E-state index contributed by atoms with van der Waals surface area (Å²) in [6.45, 7) is 4.37. The van der Waals surface area contributed by atoms with E-state index in [1.807, 2.05) is 0 Å². The van der Waals surface area contributed by atoms with Crippen LogP contribution in [-0.4, -0.2) is 37.5 Å². The molecule has 0 saturated carbocycles. The first kappa shape index (κ1) is 10.9. The first-order valence-electron chi connectivity index (χ1n) is 5.56. The molecule has 1 N–H and O–H groups in total. The Labute approximate surface area is 89.6 Å². The van der Waals surface area contributed by atoms with E-state index in [1.54, 1.807) is 0 Å². The second-order valence-electron chi connectivity index (χ2n) is 4.63. The van der Waals surface area contributed by atoms with E-state index in [2.05, 4.69) is 6.92 Å². The highest BCUT2D eigenvalue weighted by Crippen LogP contribution is 2.53. The van der Waals surface area contributed by atoms with Crippen molar-refractivity contribution in [2.24, 2.45) is 10.8 Å². The van der Waals surface area contributed by atoms with Gasteiger partial charge in [-0.25, -0.2) is 0 Å².